The lowest BCUT2D eigenvalue weighted by Crippen LogP contribution is -2.32. The molecule has 16 nitrogen and oxygen atoms in total. The summed E-state index contributed by atoms with van der Waals surface area (Å²) >= 11 is 30.9. The van der Waals surface area contributed by atoms with Crippen molar-refractivity contribution in [3.05, 3.63) is 129 Å². The number of hydrogen-bond donors (Lipinski definition) is 4. The van der Waals surface area contributed by atoms with E-state index >= 15 is 0 Å². The monoisotopic (exact) mass is 1040 g/mol. The molecule has 0 aromatic heterocycles. The van der Waals surface area contributed by atoms with E-state index in [9.17, 15) is 28.8 Å². The van der Waals surface area contributed by atoms with Crippen molar-refractivity contribution in [2.75, 3.05) is 40.4 Å². The highest BCUT2D eigenvalue weighted by atomic mass is 35.5. The zero-order valence-electron chi connectivity index (χ0n) is 37.5. The molecule has 0 heterocycles. The van der Waals surface area contributed by atoms with Gasteiger partial charge in [-0.05, 0) is 106 Å². The van der Waals surface area contributed by atoms with Gasteiger partial charge in [-0.15, -0.1) is 34.8 Å². The molecule has 69 heavy (non-hydrogen) atoms. The molecule has 0 fully saturated rings. The third-order valence-corrected chi connectivity index (χ3v) is 11.2. The Morgan fingerprint density at radius 1 is 0.536 bits per heavy atom. The lowest BCUT2D eigenvalue weighted by atomic mass is 10.1. The van der Waals surface area contributed by atoms with Gasteiger partial charge in [0, 0.05) is 51.9 Å². The molecule has 5 aromatic rings. The predicted octanol–water partition coefficient (Wildman–Crippen LogP) is 11.9. The number of halogens is 5. The van der Waals surface area contributed by atoms with E-state index in [0.29, 0.717) is 41.7 Å². The number of ketones is 2. The smallest absolute Gasteiger partial charge is 0.258 e. The summed E-state index contributed by atoms with van der Waals surface area (Å²) in [5.74, 6) is -2.47. The van der Waals surface area contributed by atoms with Crippen molar-refractivity contribution in [3.8, 4) is 11.5 Å². The number of ether oxygens (including phenoxy) is 2. The first kappa shape index (κ1) is 53.5. The van der Waals surface area contributed by atoms with Crippen LogP contribution in [0.15, 0.2) is 111 Å². The Hall–Kier alpha value is -6.43. The number of amides is 4. The summed E-state index contributed by atoms with van der Waals surface area (Å²) in [6.07, 6.45) is 0.210. The quantitative estimate of drug-likeness (QED) is 0.0296. The molecule has 0 aliphatic carbocycles. The first-order valence-corrected chi connectivity index (χ1v) is 23.4. The van der Waals surface area contributed by atoms with Crippen molar-refractivity contribution in [2.45, 2.75) is 58.0 Å². The van der Waals surface area contributed by atoms with Crippen LogP contribution >= 0.6 is 58.0 Å². The van der Waals surface area contributed by atoms with Gasteiger partial charge in [0.2, 0.25) is 12.1 Å². The number of Topliss-reactive ketones (excluding diaryl/α,β-unsaturated/α-hetero) is 2. The van der Waals surface area contributed by atoms with Crippen molar-refractivity contribution in [3.63, 3.8) is 0 Å². The number of nitrogens with zero attached hydrogens (tertiary/aromatic N) is 4. The Bertz CT molecular complexity index is 2810. The van der Waals surface area contributed by atoms with Crippen molar-refractivity contribution >= 4 is 127 Å². The van der Waals surface area contributed by atoms with Crippen LogP contribution in [-0.4, -0.2) is 66.4 Å². The summed E-state index contributed by atoms with van der Waals surface area (Å²) in [6, 6.07) is 19.8. The largest absolute Gasteiger partial charge is 0.493 e. The Kier molecular flexibility index (Phi) is 20.0. The van der Waals surface area contributed by atoms with Gasteiger partial charge in [-0.1, -0.05) is 35.3 Å². The number of azo groups is 2. The molecule has 0 aliphatic rings. The van der Waals surface area contributed by atoms with Gasteiger partial charge in [-0.25, -0.2) is 0 Å². The van der Waals surface area contributed by atoms with Crippen molar-refractivity contribution in [1.29, 1.82) is 0 Å². The minimum absolute atomic E-state index is 0.0486. The van der Waals surface area contributed by atoms with Crippen LogP contribution in [0.3, 0.4) is 0 Å². The maximum Gasteiger partial charge on any atom is 0.258 e. The average molecular weight is 1040 g/mol. The highest BCUT2D eigenvalue weighted by Gasteiger charge is 2.26. The number of aryl methyl sites for hydroxylation is 1. The van der Waals surface area contributed by atoms with E-state index in [-0.39, 0.29) is 68.0 Å². The number of carbonyl (C=O) groups excluding carboxylic acids is 6. The Balaban J connectivity index is 1.27. The van der Waals surface area contributed by atoms with E-state index in [1.165, 1.54) is 68.4 Å². The van der Waals surface area contributed by atoms with Crippen LogP contribution < -0.4 is 30.7 Å². The number of hydrogen-bond acceptors (Lipinski definition) is 12. The van der Waals surface area contributed by atoms with Crippen molar-refractivity contribution < 1.29 is 38.2 Å². The molecule has 360 valence electrons. The molecule has 0 saturated carbocycles. The summed E-state index contributed by atoms with van der Waals surface area (Å²) in [6.45, 7) is 6.78. The molecular formula is C48H45Cl5N8O8. The minimum atomic E-state index is -1.60. The maximum absolute atomic E-state index is 13.5. The predicted molar refractivity (Wildman–Crippen MR) is 269 cm³/mol. The molecule has 0 bridgehead atoms. The second kappa shape index (κ2) is 25.8. The molecule has 2 atom stereocenters. The fourth-order valence-electron chi connectivity index (χ4n) is 6.36. The number of anilines is 4. The fourth-order valence-corrected chi connectivity index (χ4v) is 7.41. The number of rotatable bonds is 22. The van der Waals surface area contributed by atoms with Gasteiger partial charge in [0.25, 0.3) is 23.6 Å². The second-order valence-corrected chi connectivity index (χ2v) is 16.5. The maximum atomic E-state index is 13.5. The van der Waals surface area contributed by atoms with Crippen LogP contribution in [0.1, 0.15) is 65.1 Å². The number of benzene rings is 5. The second-order valence-electron chi connectivity index (χ2n) is 14.8. The van der Waals surface area contributed by atoms with Crippen LogP contribution in [0.25, 0.3) is 0 Å². The van der Waals surface area contributed by atoms with Crippen LogP contribution in [0.2, 0.25) is 10.0 Å². The fraction of sp³-hybridized carbons (Fsp3) is 0.250. The van der Waals surface area contributed by atoms with Gasteiger partial charge >= 0.3 is 0 Å². The van der Waals surface area contributed by atoms with Crippen molar-refractivity contribution in [2.24, 2.45) is 20.5 Å². The van der Waals surface area contributed by atoms with Gasteiger partial charge in [0.05, 0.1) is 57.5 Å². The molecule has 0 aliphatic heterocycles. The van der Waals surface area contributed by atoms with E-state index in [4.69, 9.17) is 67.5 Å². The third-order valence-electron chi connectivity index (χ3n) is 9.77. The normalized spacial score (nSPS) is 12.0. The Morgan fingerprint density at radius 2 is 0.971 bits per heavy atom. The highest BCUT2D eigenvalue weighted by molar-refractivity contribution is 6.35. The van der Waals surface area contributed by atoms with Gasteiger partial charge in [0.1, 0.15) is 11.5 Å². The van der Waals surface area contributed by atoms with Gasteiger partial charge in [-0.3, -0.25) is 28.8 Å². The molecule has 21 heteroatoms. The lowest BCUT2D eigenvalue weighted by Gasteiger charge is -2.15. The number of alkyl halides is 3. The summed E-state index contributed by atoms with van der Waals surface area (Å²) in [7, 11) is 0. The SMILES string of the molecule is CCOc1cc(NC(=O)c2cc(N=NC(C(C)=O)C(=O)Nc3ccc(NC(=O)C(N=Nc4ccc(Cl)c(C(=O)Nc5ccc(CCl)c(OCC)c5)c4)C(C)=O)c(CCCl)c3)ccc2Cl)ccc1CCl. The first-order valence-electron chi connectivity index (χ1n) is 21.1. The average Bonchev–Trinajstić information content (AvgIpc) is 3.31. The first-order chi connectivity index (χ1) is 33.1. The zero-order valence-corrected chi connectivity index (χ0v) is 41.3. The summed E-state index contributed by atoms with van der Waals surface area (Å²) < 4.78 is 11.3. The topological polar surface area (TPSA) is 218 Å². The molecular weight excluding hydrogens is 994 g/mol. The molecule has 4 N–H and O–H groups in total. The molecule has 0 spiro atoms. The number of carbonyl (C=O) groups is 6. The summed E-state index contributed by atoms with van der Waals surface area (Å²) in [5.41, 5.74) is 3.66. The third kappa shape index (κ3) is 14.8. The van der Waals surface area contributed by atoms with Crippen LogP contribution in [0.5, 0.6) is 11.5 Å². The van der Waals surface area contributed by atoms with Crippen LogP contribution in [0.4, 0.5) is 34.1 Å². The van der Waals surface area contributed by atoms with Crippen molar-refractivity contribution in [1.82, 2.24) is 0 Å². The summed E-state index contributed by atoms with van der Waals surface area (Å²) in [4.78, 5) is 78.9. The van der Waals surface area contributed by atoms with Crippen LogP contribution in [0, 0.1) is 0 Å². The molecule has 4 amide bonds. The van der Waals surface area contributed by atoms with E-state index in [2.05, 4.69) is 41.7 Å². The Labute approximate surface area is 422 Å². The van der Waals surface area contributed by atoms with E-state index in [1.807, 2.05) is 13.8 Å². The van der Waals surface area contributed by atoms with E-state index in [0.717, 1.165) is 11.1 Å². The molecule has 5 rings (SSSR count). The zero-order chi connectivity index (χ0) is 50.2. The van der Waals surface area contributed by atoms with Crippen LogP contribution in [-0.2, 0) is 37.4 Å². The van der Waals surface area contributed by atoms with Gasteiger partial charge in [-0.2, -0.15) is 20.5 Å². The summed E-state index contributed by atoms with van der Waals surface area (Å²) in [5, 5.41) is 27.2. The lowest BCUT2D eigenvalue weighted by molar-refractivity contribution is -0.127. The molecule has 0 saturated heterocycles. The number of nitrogens with one attached hydrogen (secondary N) is 4. The highest BCUT2D eigenvalue weighted by Crippen LogP contribution is 2.31. The molecule has 5 aromatic carbocycles. The van der Waals surface area contributed by atoms with Gasteiger partial charge in [0.15, 0.2) is 11.6 Å². The molecule has 0 radical (unpaired) electrons. The minimum Gasteiger partial charge on any atom is -0.493 e. The van der Waals surface area contributed by atoms with E-state index < -0.39 is 47.3 Å². The van der Waals surface area contributed by atoms with E-state index in [1.54, 1.807) is 36.4 Å². The standard InChI is InChI=1S/C48H45Cl5N8O8/c1-5-68-41-22-32(9-7-29(41)24-50)54-45(64)36-20-34(11-14-38(36)52)58-60-43(26(3)62)47(66)56-31-13-16-40(28(19-31)17-18-49)57-48(67)44(27(4)63)61-59-35-12-15-39(53)37(21-35)46(65)55-33-10-8-30(25-51)42(23-33)69-6-2/h7-16,19-23,43-44H,5-6,17-18,24-25H2,1-4H3,(H,54,64)(H,55,65)(H,56,66)(H,57,67). The Morgan fingerprint density at radius 3 is 1.39 bits per heavy atom. The molecule has 2 unspecified atom stereocenters. The van der Waals surface area contributed by atoms with Gasteiger partial charge < -0.3 is 30.7 Å².